The summed E-state index contributed by atoms with van der Waals surface area (Å²) >= 11 is 0. The van der Waals surface area contributed by atoms with Crippen molar-refractivity contribution in [1.29, 1.82) is 5.26 Å². The summed E-state index contributed by atoms with van der Waals surface area (Å²) in [6.45, 7) is 7.18. The van der Waals surface area contributed by atoms with Crippen LogP contribution < -0.4 is 15.2 Å². The van der Waals surface area contributed by atoms with E-state index < -0.39 is 0 Å². The lowest BCUT2D eigenvalue weighted by molar-refractivity contribution is 0.303. The van der Waals surface area contributed by atoms with Gasteiger partial charge >= 0.3 is 0 Å². The first-order valence-corrected chi connectivity index (χ1v) is 11.5. The van der Waals surface area contributed by atoms with Crippen LogP contribution in [0.2, 0.25) is 0 Å². The molecular weight excluding hydrogens is 438 g/mol. The molecule has 0 spiro atoms. The fourth-order valence-electron chi connectivity index (χ4n) is 4.40. The van der Waals surface area contributed by atoms with Crippen molar-refractivity contribution in [3.63, 3.8) is 0 Å². The first kappa shape index (κ1) is 24.1. The average molecular weight is 470 g/mol. The Morgan fingerprint density at radius 3 is 2.43 bits per heavy atom. The van der Waals surface area contributed by atoms with Gasteiger partial charge in [-0.2, -0.15) is 5.26 Å². The van der Waals surface area contributed by atoms with Gasteiger partial charge in [0.1, 0.15) is 41.2 Å². The molecule has 0 amide bonds. The number of rotatable bonds is 7. The molecule has 35 heavy (non-hydrogen) atoms. The van der Waals surface area contributed by atoms with Gasteiger partial charge in [0.25, 0.3) is 0 Å². The lowest BCUT2D eigenvalue weighted by Crippen LogP contribution is -2.12. The van der Waals surface area contributed by atoms with Crippen LogP contribution in [-0.2, 0) is 13.2 Å². The maximum Gasteiger partial charge on any atom is 0.147 e. The summed E-state index contributed by atoms with van der Waals surface area (Å²) in [4.78, 5) is 6.99. The number of nitriles is 1. The molecular formula is C28H31N5O2. The smallest absolute Gasteiger partial charge is 0.147 e. The highest BCUT2D eigenvalue weighted by Crippen LogP contribution is 2.36. The van der Waals surface area contributed by atoms with Gasteiger partial charge in [-0.1, -0.05) is 18.2 Å². The third-order valence-corrected chi connectivity index (χ3v) is 6.23. The van der Waals surface area contributed by atoms with Gasteiger partial charge < -0.3 is 20.1 Å². The Labute approximate surface area is 206 Å². The van der Waals surface area contributed by atoms with Crippen molar-refractivity contribution >= 4 is 16.9 Å². The summed E-state index contributed by atoms with van der Waals surface area (Å²) in [6, 6.07) is 16.1. The molecule has 2 heterocycles. The summed E-state index contributed by atoms with van der Waals surface area (Å²) in [6.07, 6.45) is 0. The number of fused-ring (bicyclic) bond motifs is 1. The molecule has 180 valence electrons. The molecule has 7 nitrogen and oxygen atoms in total. The molecule has 2 N–H and O–H groups in total. The number of ether oxygens (including phenoxy) is 2. The second-order valence-corrected chi connectivity index (χ2v) is 9.04. The monoisotopic (exact) mass is 469 g/mol. The van der Waals surface area contributed by atoms with Crippen molar-refractivity contribution in [1.82, 2.24) is 14.5 Å². The van der Waals surface area contributed by atoms with Crippen molar-refractivity contribution in [2.24, 2.45) is 0 Å². The molecule has 0 aliphatic heterocycles. The maximum absolute atomic E-state index is 9.94. The van der Waals surface area contributed by atoms with Gasteiger partial charge in [0.15, 0.2) is 0 Å². The normalized spacial score (nSPS) is 11.1. The molecule has 4 aromatic rings. The Kier molecular flexibility index (Phi) is 6.68. The van der Waals surface area contributed by atoms with Gasteiger partial charge in [-0.3, -0.25) is 4.57 Å². The average Bonchev–Trinajstić information content (AvgIpc) is 3.09. The van der Waals surface area contributed by atoms with Crippen molar-refractivity contribution in [2.45, 2.75) is 33.9 Å². The minimum absolute atomic E-state index is 0.384. The van der Waals surface area contributed by atoms with E-state index in [2.05, 4.69) is 11.0 Å². The fraction of sp³-hybridized carbons (Fsp3) is 0.286. The van der Waals surface area contributed by atoms with Crippen molar-refractivity contribution < 1.29 is 9.47 Å². The van der Waals surface area contributed by atoms with Gasteiger partial charge in [0, 0.05) is 23.2 Å². The molecule has 0 aliphatic rings. The highest BCUT2D eigenvalue weighted by Gasteiger charge is 2.22. The van der Waals surface area contributed by atoms with Crippen LogP contribution in [0.3, 0.4) is 0 Å². The van der Waals surface area contributed by atoms with E-state index in [-0.39, 0.29) is 0 Å². The number of nitrogens with zero attached hydrogens (tertiary/aromatic N) is 4. The SMILES string of the molecule is COc1ccc(COc2ccc(C)c(-n3c(N)c(C#N)c4cc(CN(C)C)c(C)nc43)c2C)cc1. The van der Waals surface area contributed by atoms with E-state index in [1.807, 2.05) is 81.9 Å². The zero-order valence-electron chi connectivity index (χ0n) is 21.1. The van der Waals surface area contributed by atoms with Crippen molar-refractivity contribution in [3.8, 4) is 23.3 Å². The molecule has 0 saturated carbocycles. The Bertz CT molecular complexity index is 1430. The number of anilines is 1. The van der Waals surface area contributed by atoms with Crippen LogP contribution in [0, 0.1) is 32.1 Å². The number of benzene rings is 2. The summed E-state index contributed by atoms with van der Waals surface area (Å²) in [5, 5.41) is 10.7. The van der Waals surface area contributed by atoms with Crippen molar-refractivity contribution in [3.05, 3.63) is 76.0 Å². The number of aryl methyl sites for hydroxylation is 2. The zero-order valence-corrected chi connectivity index (χ0v) is 21.1. The van der Waals surface area contributed by atoms with Crippen LogP contribution in [0.5, 0.6) is 11.5 Å². The molecule has 0 radical (unpaired) electrons. The second kappa shape index (κ2) is 9.69. The Hall–Kier alpha value is -4.02. The molecule has 0 aliphatic carbocycles. The molecule has 0 atom stereocenters. The Morgan fingerprint density at radius 1 is 1.09 bits per heavy atom. The summed E-state index contributed by atoms with van der Waals surface area (Å²) < 4.78 is 13.3. The summed E-state index contributed by atoms with van der Waals surface area (Å²) in [5.41, 5.74) is 13.6. The number of aromatic nitrogens is 2. The number of hydrogen-bond acceptors (Lipinski definition) is 6. The Balaban J connectivity index is 1.81. The van der Waals surface area contributed by atoms with Crippen LogP contribution in [-0.4, -0.2) is 35.7 Å². The first-order chi connectivity index (χ1) is 16.7. The summed E-state index contributed by atoms with van der Waals surface area (Å²) in [7, 11) is 5.67. The number of methoxy groups -OCH3 is 1. The van der Waals surface area contributed by atoms with Crippen LogP contribution >= 0.6 is 0 Å². The maximum atomic E-state index is 9.94. The lowest BCUT2D eigenvalue weighted by Gasteiger charge is -2.18. The third-order valence-electron chi connectivity index (χ3n) is 6.23. The molecule has 4 rings (SSSR count). The summed E-state index contributed by atoms with van der Waals surface area (Å²) in [5.74, 6) is 1.94. The molecule has 7 heteroatoms. The Morgan fingerprint density at radius 2 is 1.80 bits per heavy atom. The number of pyridine rings is 1. The predicted molar refractivity (Wildman–Crippen MR) is 139 cm³/mol. The largest absolute Gasteiger partial charge is 0.497 e. The van der Waals surface area contributed by atoms with E-state index in [9.17, 15) is 5.26 Å². The van der Waals surface area contributed by atoms with Gasteiger partial charge in [-0.25, -0.2) is 4.98 Å². The molecule has 2 aromatic carbocycles. The highest BCUT2D eigenvalue weighted by molar-refractivity contribution is 5.92. The standard InChI is InChI=1S/C28H31N5O2/c1-17-7-12-25(35-16-20-8-10-22(34-6)11-9-20)18(2)26(17)33-27(30)24(14-29)23-13-21(15-32(4)5)19(3)31-28(23)33/h7-13H,15-16,30H2,1-6H3. The van der Waals surface area contributed by atoms with Gasteiger partial charge in [0.2, 0.25) is 0 Å². The minimum atomic E-state index is 0.384. The molecule has 0 unspecified atom stereocenters. The minimum Gasteiger partial charge on any atom is -0.497 e. The molecule has 0 bridgehead atoms. The molecule has 0 saturated heterocycles. The highest BCUT2D eigenvalue weighted by atomic mass is 16.5. The first-order valence-electron chi connectivity index (χ1n) is 11.5. The van der Waals surface area contributed by atoms with Gasteiger partial charge in [-0.15, -0.1) is 0 Å². The van der Waals surface area contributed by atoms with Crippen LogP contribution in [0.1, 0.15) is 33.5 Å². The van der Waals surface area contributed by atoms with E-state index in [1.165, 1.54) is 0 Å². The topological polar surface area (TPSA) is 89.3 Å². The van der Waals surface area contributed by atoms with Crippen LogP contribution in [0.25, 0.3) is 16.7 Å². The second-order valence-electron chi connectivity index (χ2n) is 9.04. The fourth-order valence-corrected chi connectivity index (χ4v) is 4.40. The van der Waals surface area contributed by atoms with Crippen molar-refractivity contribution in [2.75, 3.05) is 26.9 Å². The quantitative estimate of drug-likeness (QED) is 0.407. The van der Waals surface area contributed by atoms with Gasteiger partial charge in [-0.05, 0) is 75.8 Å². The van der Waals surface area contributed by atoms with Crippen LogP contribution in [0.4, 0.5) is 5.82 Å². The molecule has 0 fully saturated rings. The van der Waals surface area contributed by atoms with E-state index in [1.54, 1.807) is 7.11 Å². The number of nitrogens with two attached hydrogens (primary N) is 1. The predicted octanol–water partition coefficient (Wildman–Crippen LogP) is 5.05. The lowest BCUT2D eigenvalue weighted by atomic mass is 10.1. The van der Waals surface area contributed by atoms with E-state index in [0.29, 0.717) is 23.6 Å². The number of hydrogen-bond donors (Lipinski definition) is 1. The zero-order chi connectivity index (χ0) is 25.3. The van der Waals surface area contributed by atoms with E-state index in [0.717, 1.165) is 57.1 Å². The van der Waals surface area contributed by atoms with Gasteiger partial charge in [0.05, 0.1) is 12.8 Å². The van der Waals surface area contributed by atoms with E-state index in [4.69, 9.17) is 20.2 Å². The number of nitrogen functional groups attached to an aromatic ring is 1. The third kappa shape index (κ3) is 4.53. The van der Waals surface area contributed by atoms with Crippen LogP contribution in [0.15, 0.2) is 42.5 Å². The molecule has 2 aromatic heterocycles. The van der Waals surface area contributed by atoms with E-state index >= 15 is 0 Å².